The molecule has 0 bridgehead atoms. The summed E-state index contributed by atoms with van der Waals surface area (Å²) in [4.78, 5) is 8.85. The molecule has 2 rings (SSSR count). The van der Waals surface area contributed by atoms with E-state index < -0.39 is 0 Å². The first-order valence-corrected chi connectivity index (χ1v) is 8.00. The number of aryl methyl sites for hydroxylation is 1. The zero-order chi connectivity index (χ0) is 15.9. The van der Waals surface area contributed by atoms with Crippen LogP contribution in [0.2, 0.25) is 5.02 Å². The Bertz CT molecular complexity index is 496. The molecule has 0 saturated carbocycles. The van der Waals surface area contributed by atoms with E-state index in [1.54, 1.807) is 0 Å². The number of rotatable bonds is 5. The van der Waals surface area contributed by atoms with Gasteiger partial charge in [0.25, 0.3) is 0 Å². The molecule has 7 heteroatoms. The normalized spacial score (nSPS) is 16.8. The molecule has 124 valence electrons. The molecule has 22 heavy (non-hydrogen) atoms. The van der Waals surface area contributed by atoms with Crippen LogP contribution in [0, 0.1) is 0 Å². The van der Waals surface area contributed by atoms with Crippen LogP contribution < -0.4 is 5.32 Å². The lowest BCUT2D eigenvalue weighted by Gasteiger charge is -2.28. The molecule has 0 atom stereocenters. The molecule has 6 nitrogen and oxygen atoms in total. The molecule has 0 amide bonds. The maximum Gasteiger partial charge on any atom is 0.193 e. The number of aliphatic imine (C=N–C) groups is 1. The van der Waals surface area contributed by atoms with Gasteiger partial charge in [0.2, 0.25) is 0 Å². The number of morpholine rings is 1. The van der Waals surface area contributed by atoms with Gasteiger partial charge in [-0.2, -0.15) is 0 Å². The summed E-state index contributed by atoms with van der Waals surface area (Å²) in [6.07, 6.45) is 1.92. The molecule has 2 heterocycles. The number of halogens is 1. The standard InChI is InChI=1S/C15H26ClN5O/c1-17-15(18-4-5-21-6-8-22-9-7-21)20(3)12-14-10-13(16)11-19(14)2/h10-11H,4-9,12H2,1-3H3,(H,17,18). The van der Waals surface area contributed by atoms with Gasteiger partial charge in [-0.15, -0.1) is 0 Å². The molecule has 1 fully saturated rings. The van der Waals surface area contributed by atoms with Gasteiger partial charge in [-0.05, 0) is 6.07 Å². The minimum Gasteiger partial charge on any atom is -0.379 e. The van der Waals surface area contributed by atoms with E-state index in [1.165, 1.54) is 0 Å². The Balaban J connectivity index is 1.79. The van der Waals surface area contributed by atoms with Gasteiger partial charge in [-0.3, -0.25) is 9.89 Å². The summed E-state index contributed by atoms with van der Waals surface area (Å²) in [6, 6.07) is 1.99. The molecule has 1 aromatic heterocycles. The molecule has 0 aromatic carbocycles. The van der Waals surface area contributed by atoms with Crippen LogP contribution in [-0.4, -0.2) is 73.8 Å². The van der Waals surface area contributed by atoms with Crippen molar-refractivity contribution in [3.05, 3.63) is 23.0 Å². The Labute approximate surface area is 137 Å². The summed E-state index contributed by atoms with van der Waals surface area (Å²) < 4.78 is 7.40. The maximum absolute atomic E-state index is 6.03. The van der Waals surface area contributed by atoms with Crippen LogP contribution in [0.15, 0.2) is 17.3 Å². The maximum atomic E-state index is 6.03. The van der Waals surface area contributed by atoms with Gasteiger partial charge in [0.1, 0.15) is 0 Å². The van der Waals surface area contributed by atoms with Crippen molar-refractivity contribution in [2.45, 2.75) is 6.54 Å². The van der Waals surface area contributed by atoms with Crippen molar-refractivity contribution in [3.8, 4) is 0 Å². The summed E-state index contributed by atoms with van der Waals surface area (Å²) in [5, 5.41) is 4.18. The van der Waals surface area contributed by atoms with E-state index in [0.29, 0.717) is 0 Å². The molecule has 0 radical (unpaired) electrons. The average Bonchev–Trinajstić information content (AvgIpc) is 2.82. The summed E-state index contributed by atoms with van der Waals surface area (Å²) in [7, 11) is 5.85. The van der Waals surface area contributed by atoms with Crippen molar-refractivity contribution in [3.63, 3.8) is 0 Å². The fourth-order valence-electron chi connectivity index (χ4n) is 2.58. The van der Waals surface area contributed by atoms with Gasteiger partial charge in [0, 0.05) is 59.2 Å². The smallest absolute Gasteiger partial charge is 0.193 e. The van der Waals surface area contributed by atoms with Crippen LogP contribution in [0.1, 0.15) is 5.69 Å². The van der Waals surface area contributed by atoms with Crippen molar-refractivity contribution in [2.75, 3.05) is 53.5 Å². The van der Waals surface area contributed by atoms with Crippen LogP contribution in [0.25, 0.3) is 0 Å². The second kappa shape index (κ2) is 8.41. The fourth-order valence-corrected chi connectivity index (χ4v) is 2.85. The van der Waals surface area contributed by atoms with Gasteiger partial charge in [-0.1, -0.05) is 11.6 Å². The molecular formula is C15H26ClN5O. The van der Waals surface area contributed by atoms with E-state index in [9.17, 15) is 0 Å². The summed E-state index contributed by atoms with van der Waals surface area (Å²) in [6.45, 7) is 6.35. The molecule has 1 aromatic rings. The number of nitrogens with one attached hydrogen (secondary N) is 1. The molecular weight excluding hydrogens is 302 g/mol. The van der Waals surface area contributed by atoms with E-state index in [1.807, 2.05) is 38.0 Å². The third-order valence-electron chi connectivity index (χ3n) is 3.86. The van der Waals surface area contributed by atoms with Crippen LogP contribution in [0.4, 0.5) is 0 Å². The second-order valence-corrected chi connectivity index (χ2v) is 5.98. The van der Waals surface area contributed by atoms with E-state index in [-0.39, 0.29) is 0 Å². The lowest BCUT2D eigenvalue weighted by atomic mass is 10.4. The number of hydrogen-bond donors (Lipinski definition) is 1. The van der Waals surface area contributed by atoms with E-state index in [2.05, 4.69) is 20.1 Å². The largest absolute Gasteiger partial charge is 0.379 e. The highest BCUT2D eigenvalue weighted by atomic mass is 35.5. The Morgan fingerprint density at radius 1 is 1.45 bits per heavy atom. The first kappa shape index (κ1) is 17.1. The fraction of sp³-hybridized carbons (Fsp3) is 0.667. The van der Waals surface area contributed by atoms with Gasteiger partial charge in [0.15, 0.2) is 5.96 Å². The Kier molecular flexibility index (Phi) is 6.54. The van der Waals surface area contributed by atoms with Crippen LogP contribution in [-0.2, 0) is 18.3 Å². The number of aromatic nitrogens is 1. The molecule has 1 saturated heterocycles. The molecule has 1 aliphatic heterocycles. The third-order valence-corrected chi connectivity index (χ3v) is 4.07. The predicted octanol–water partition coefficient (Wildman–Crippen LogP) is 1.02. The van der Waals surface area contributed by atoms with Crippen molar-refractivity contribution in [1.29, 1.82) is 0 Å². The number of nitrogens with zero attached hydrogens (tertiary/aromatic N) is 4. The number of hydrogen-bond acceptors (Lipinski definition) is 3. The van der Waals surface area contributed by atoms with E-state index >= 15 is 0 Å². The summed E-state index contributed by atoms with van der Waals surface area (Å²) in [5.74, 6) is 0.894. The third kappa shape index (κ3) is 4.90. The highest BCUT2D eigenvalue weighted by Crippen LogP contribution is 2.14. The van der Waals surface area contributed by atoms with Crippen molar-refractivity contribution in [1.82, 2.24) is 19.7 Å². The molecule has 0 aliphatic carbocycles. The van der Waals surface area contributed by atoms with Gasteiger partial charge in [0.05, 0.1) is 24.8 Å². The quantitative estimate of drug-likeness (QED) is 0.648. The van der Waals surface area contributed by atoms with Crippen LogP contribution >= 0.6 is 11.6 Å². The van der Waals surface area contributed by atoms with Crippen molar-refractivity contribution < 1.29 is 4.74 Å². The van der Waals surface area contributed by atoms with Crippen molar-refractivity contribution in [2.24, 2.45) is 12.0 Å². The molecule has 0 spiro atoms. The van der Waals surface area contributed by atoms with Gasteiger partial charge < -0.3 is 19.5 Å². The number of guanidine groups is 1. The second-order valence-electron chi connectivity index (χ2n) is 5.54. The average molecular weight is 328 g/mol. The molecule has 1 N–H and O–H groups in total. The first-order chi connectivity index (χ1) is 10.6. The van der Waals surface area contributed by atoms with Crippen LogP contribution in [0.3, 0.4) is 0 Å². The Hall–Kier alpha value is -1.24. The topological polar surface area (TPSA) is 45.0 Å². The van der Waals surface area contributed by atoms with Gasteiger partial charge >= 0.3 is 0 Å². The predicted molar refractivity (Wildman–Crippen MR) is 90.5 cm³/mol. The Morgan fingerprint density at radius 3 is 2.77 bits per heavy atom. The summed E-state index contributed by atoms with van der Waals surface area (Å²) in [5.41, 5.74) is 1.16. The minimum atomic E-state index is 0.764. The van der Waals surface area contributed by atoms with Crippen molar-refractivity contribution >= 4 is 17.6 Å². The van der Waals surface area contributed by atoms with Crippen LogP contribution in [0.5, 0.6) is 0 Å². The summed E-state index contributed by atoms with van der Waals surface area (Å²) >= 11 is 6.03. The lowest BCUT2D eigenvalue weighted by molar-refractivity contribution is 0.0388. The lowest BCUT2D eigenvalue weighted by Crippen LogP contribution is -2.44. The molecule has 0 unspecified atom stereocenters. The molecule has 1 aliphatic rings. The van der Waals surface area contributed by atoms with E-state index in [4.69, 9.17) is 16.3 Å². The zero-order valence-corrected chi connectivity index (χ0v) is 14.4. The first-order valence-electron chi connectivity index (χ1n) is 7.63. The Morgan fingerprint density at radius 2 is 2.18 bits per heavy atom. The minimum absolute atomic E-state index is 0.764. The van der Waals surface area contributed by atoms with Gasteiger partial charge in [-0.25, -0.2) is 0 Å². The monoisotopic (exact) mass is 327 g/mol. The highest BCUT2D eigenvalue weighted by molar-refractivity contribution is 6.30. The van der Waals surface area contributed by atoms with E-state index in [0.717, 1.165) is 62.6 Å². The zero-order valence-electron chi connectivity index (χ0n) is 13.7. The highest BCUT2D eigenvalue weighted by Gasteiger charge is 2.12. The number of ether oxygens (including phenoxy) is 1. The SMILES string of the molecule is CN=C(NCCN1CCOCC1)N(C)Cc1cc(Cl)cn1C.